The number of anilines is 2. The number of likely N-dealkylation sites (tertiary alicyclic amines) is 1. The van der Waals surface area contributed by atoms with Crippen molar-refractivity contribution in [3.8, 4) is 0 Å². The molecule has 3 fully saturated rings. The smallest absolute Gasteiger partial charge is 0.244 e. The van der Waals surface area contributed by atoms with Crippen molar-refractivity contribution in [3.63, 3.8) is 0 Å². The zero-order valence-electron chi connectivity index (χ0n) is 15.5. The summed E-state index contributed by atoms with van der Waals surface area (Å²) in [4.78, 5) is 41.5. The highest BCUT2D eigenvalue weighted by atomic mass is 16.5. The van der Waals surface area contributed by atoms with Crippen LogP contribution in [-0.4, -0.2) is 55.5 Å². The summed E-state index contributed by atoms with van der Waals surface area (Å²) in [5.41, 5.74) is 1.62. The molecule has 2 aliphatic heterocycles. The van der Waals surface area contributed by atoms with Crippen molar-refractivity contribution in [2.75, 3.05) is 43.1 Å². The summed E-state index contributed by atoms with van der Waals surface area (Å²) < 4.78 is 5.40. The third kappa shape index (κ3) is 2.73. The summed E-state index contributed by atoms with van der Waals surface area (Å²) >= 11 is 0. The molecular formula is C21H23N3O4. The fourth-order valence-corrected chi connectivity index (χ4v) is 5.11. The molecule has 1 N–H and O–H groups in total. The molecule has 2 aliphatic carbocycles. The van der Waals surface area contributed by atoms with Gasteiger partial charge in [0.15, 0.2) is 0 Å². The van der Waals surface area contributed by atoms with Gasteiger partial charge < -0.3 is 15.0 Å². The molecule has 4 aliphatic rings. The predicted molar refractivity (Wildman–Crippen MR) is 103 cm³/mol. The molecule has 2 heterocycles. The Morgan fingerprint density at radius 2 is 1.68 bits per heavy atom. The van der Waals surface area contributed by atoms with Crippen LogP contribution in [0, 0.1) is 23.7 Å². The first kappa shape index (κ1) is 17.4. The van der Waals surface area contributed by atoms with Crippen LogP contribution in [0.3, 0.4) is 0 Å². The van der Waals surface area contributed by atoms with Crippen LogP contribution in [0.4, 0.5) is 11.4 Å². The summed E-state index contributed by atoms with van der Waals surface area (Å²) in [5.74, 6) is -0.954. The van der Waals surface area contributed by atoms with Crippen LogP contribution in [0.25, 0.3) is 0 Å². The molecule has 4 atom stereocenters. The Kier molecular flexibility index (Phi) is 4.19. The van der Waals surface area contributed by atoms with Gasteiger partial charge in [0.25, 0.3) is 0 Å². The van der Waals surface area contributed by atoms with Gasteiger partial charge in [0, 0.05) is 13.1 Å². The maximum absolute atomic E-state index is 12.8. The van der Waals surface area contributed by atoms with Crippen molar-refractivity contribution in [1.82, 2.24) is 4.90 Å². The molecule has 7 nitrogen and oxygen atoms in total. The van der Waals surface area contributed by atoms with Gasteiger partial charge in [-0.25, -0.2) is 0 Å². The molecule has 1 aromatic carbocycles. The summed E-state index contributed by atoms with van der Waals surface area (Å²) in [6.07, 6.45) is 5.00. The lowest BCUT2D eigenvalue weighted by atomic mass is 9.85. The lowest BCUT2D eigenvalue weighted by Gasteiger charge is -2.30. The Bertz CT molecular complexity index is 831. The van der Waals surface area contributed by atoms with E-state index in [4.69, 9.17) is 4.74 Å². The molecule has 1 saturated carbocycles. The van der Waals surface area contributed by atoms with Crippen LogP contribution in [0.1, 0.15) is 6.42 Å². The Morgan fingerprint density at radius 1 is 1.04 bits per heavy atom. The summed E-state index contributed by atoms with van der Waals surface area (Å²) in [6, 6.07) is 7.59. The molecule has 0 aromatic heterocycles. The average Bonchev–Trinajstić information content (AvgIpc) is 3.39. The second kappa shape index (κ2) is 6.74. The third-order valence-corrected chi connectivity index (χ3v) is 6.39. The Morgan fingerprint density at radius 3 is 2.36 bits per heavy atom. The first-order valence-electron chi connectivity index (χ1n) is 9.88. The number of hydrogen-bond acceptors (Lipinski definition) is 5. The number of ether oxygens (including phenoxy) is 1. The first-order valence-corrected chi connectivity index (χ1v) is 9.88. The number of para-hydroxylation sites is 2. The van der Waals surface area contributed by atoms with Crippen molar-refractivity contribution in [2.45, 2.75) is 6.42 Å². The average molecular weight is 381 g/mol. The lowest BCUT2D eigenvalue weighted by Crippen LogP contribution is -2.40. The van der Waals surface area contributed by atoms with E-state index in [-0.39, 0.29) is 47.9 Å². The third-order valence-electron chi connectivity index (χ3n) is 6.39. The highest BCUT2D eigenvalue weighted by Gasteiger charge is 2.59. The number of fused-ring (bicyclic) bond motifs is 5. The van der Waals surface area contributed by atoms with Gasteiger partial charge in [-0.15, -0.1) is 0 Å². The van der Waals surface area contributed by atoms with Crippen LogP contribution >= 0.6 is 0 Å². The highest BCUT2D eigenvalue weighted by Crippen LogP contribution is 2.52. The van der Waals surface area contributed by atoms with Crippen molar-refractivity contribution >= 4 is 29.1 Å². The fraction of sp³-hybridized carbons (Fsp3) is 0.476. The largest absolute Gasteiger partial charge is 0.378 e. The number of hydrogen-bond donors (Lipinski definition) is 1. The zero-order chi connectivity index (χ0) is 19.3. The maximum atomic E-state index is 12.8. The van der Waals surface area contributed by atoms with Crippen molar-refractivity contribution in [3.05, 3.63) is 36.4 Å². The van der Waals surface area contributed by atoms with Gasteiger partial charge >= 0.3 is 0 Å². The molecule has 3 amide bonds. The molecule has 7 heteroatoms. The van der Waals surface area contributed by atoms with Gasteiger partial charge in [-0.2, -0.15) is 0 Å². The molecule has 5 rings (SSSR count). The van der Waals surface area contributed by atoms with Gasteiger partial charge in [-0.3, -0.25) is 19.3 Å². The monoisotopic (exact) mass is 381 g/mol. The van der Waals surface area contributed by atoms with Gasteiger partial charge in [0.2, 0.25) is 17.7 Å². The van der Waals surface area contributed by atoms with Gasteiger partial charge in [-0.05, 0) is 30.4 Å². The standard InChI is InChI=1S/C21H23N3O4/c25-17(22-15-3-1-2-4-16(15)23-7-9-28-10-8-23)12-24-20(26)18-13-5-6-14(11-13)19(18)21(24)27/h1-6,13-14,18-19H,7-12H2,(H,22,25)/t13-,14-,18+,19+/m1/s1. The van der Waals surface area contributed by atoms with Gasteiger partial charge in [0.05, 0.1) is 36.4 Å². The SMILES string of the molecule is O=C(CN1C(=O)[C@@H]2[C@@H](C1=O)[C@@H]1C=C[C@@H]2C1)Nc1ccccc1N1CCOCC1. The van der Waals surface area contributed by atoms with Crippen molar-refractivity contribution in [2.24, 2.45) is 23.7 Å². The number of rotatable bonds is 4. The molecule has 0 spiro atoms. The number of imide groups is 1. The Labute approximate surface area is 163 Å². The number of nitrogens with one attached hydrogen (secondary N) is 1. The van der Waals surface area contributed by atoms with Crippen LogP contribution in [0.2, 0.25) is 0 Å². The predicted octanol–water partition coefficient (Wildman–Crippen LogP) is 1.27. The molecule has 28 heavy (non-hydrogen) atoms. The number of morpholine rings is 1. The number of carbonyl (C=O) groups is 3. The minimum Gasteiger partial charge on any atom is -0.378 e. The quantitative estimate of drug-likeness (QED) is 0.628. The van der Waals surface area contributed by atoms with E-state index in [9.17, 15) is 14.4 Å². The van der Waals surface area contributed by atoms with Gasteiger partial charge in [-0.1, -0.05) is 24.3 Å². The second-order valence-electron chi connectivity index (χ2n) is 7.93. The molecule has 146 valence electrons. The maximum Gasteiger partial charge on any atom is 0.244 e. The van der Waals surface area contributed by atoms with Crippen molar-refractivity contribution < 1.29 is 19.1 Å². The Hall–Kier alpha value is -2.67. The van der Waals surface area contributed by atoms with E-state index in [0.717, 1.165) is 30.1 Å². The molecule has 1 aromatic rings. The van der Waals surface area contributed by atoms with E-state index < -0.39 is 0 Å². The molecule has 2 saturated heterocycles. The molecular weight excluding hydrogens is 358 g/mol. The number of benzene rings is 1. The van der Waals surface area contributed by atoms with Crippen LogP contribution in [-0.2, 0) is 19.1 Å². The fourth-order valence-electron chi connectivity index (χ4n) is 5.11. The minimum atomic E-state index is -0.345. The zero-order valence-corrected chi connectivity index (χ0v) is 15.5. The normalized spacial score (nSPS) is 30.9. The van der Waals surface area contributed by atoms with E-state index in [1.807, 2.05) is 24.3 Å². The molecule has 0 unspecified atom stereocenters. The van der Waals surface area contributed by atoms with Crippen molar-refractivity contribution in [1.29, 1.82) is 0 Å². The van der Waals surface area contributed by atoms with E-state index in [0.29, 0.717) is 18.9 Å². The van der Waals surface area contributed by atoms with E-state index in [1.54, 1.807) is 0 Å². The van der Waals surface area contributed by atoms with Crippen LogP contribution in [0.15, 0.2) is 36.4 Å². The lowest BCUT2D eigenvalue weighted by molar-refractivity contribution is -0.143. The van der Waals surface area contributed by atoms with Crippen LogP contribution < -0.4 is 10.2 Å². The van der Waals surface area contributed by atoms with E-state index in [1.165, 1.54) is 0 Å². The summed E-state index contributed by atoms with van der Waals surface area (Å²) in [6.45, 7) is 2.60. The second-order valence-corrected chi connectivity index (χ2v) is 7.93. The number of nitrogens with zero attached hydrogens (tertiary/aromatic N) is 2. The highest BCUT2D eigenvalue weighted by molar-refractivity contribution is 6.09. The molecule has 2 bridgehead atoms. The Balaban J connectivity index is 1.29. The van der Waals surface area contributed by atoms with E-state index in [2.05, 4.69) is 22.4 Å². The molecule has 0 radical (unpaired) electrons. The summed E-state index contributed by atoms with van der Waals surface area (Å²) in [5, 5.41) is 2.90. The van der Waals surface area contributed by atoms with Crippen LogP contribution in [0.5, 0.6) is 0 Å². The number of carbonyl (C=O) groups excluding carboxylic acids is 3. The van der Waals surface area contributed by atoms with E-state index >= 15 is 0 Å². The topological polar surface area (TPSA) is 79.0 Å². The summed E-state index contributed by atoms with van der Waals surface area (Å²) in [7, 11) is 0. The number of amides is 3. The van der Waals surface area contributed by atoms with Gasteiger partial charge in [0.1, 0.15) is 6.54 Å². The first-order chi connectivity index (χ1) is 13.6. The number of allylic oxidation sites excluding steroid dienone is 2. The minimum absolute atomic E-state index is 0.154.